The molecule has 0 saturated heterocycles. The molecule has 1 aliphatic heterocycles. The predicted molar refractivity (Wildman–Crippen MR) is 95.9 cm³/mol. The number of thiocarbonyl (C=S) groups is 1. The summed E-state index contributed by atoms with van der Waals surface area (Å²) >= 11 is 5.37. The van der Waals surface area contributed by atoms with Gasteiger partial charge in [-0.2, -0.15) is 5.10 Å². The van der Waals surface area contributed by atoms with Crippen LogP contribution in [0.5, 0.6) is 0 Å². The standard InChI is InChI=1S/C18H15FN4S/c1-11-15-16(12-7-9-13(19)10-8-12)20-18(24)21-17(15)23(22-11)14-5-3-2-4-6-14/h2-10,16H,1H3,(H2,20,21,24). The number of nitrogens with zero attached hydrogens (tertiary/aromatic N) is 2. The number of nitrogens with one attached hydrogen (secondary N) is 2. The van der Waals surface area contributed by atoms with Gasteiger partial charge in [-0.1, -0.05) is 30.3 Å². The molecule has 4 rings (SSSR count). The Morgan fingerprint density at radius 2 is 1.79 bits per heavy atom. The fraction of sp³-hybridized carbons (Fsp3) is 0.111. The van der Waals surface area contributed by atoms with Crippen LogP contribution in [0.1, 0.15) is 22.9 Å². The molecule has 120 valence electrons. The Labute approximate surface area is 144 Å². The molecule has 0 aliphatic carbocycles. The second-order valence-electron chi connectivity index (χ2n) is 5.68. The summed E-state index contributed by atoms with van der Waals surface area (Å²) in [6, 6.07) is 16.2. The lowest BCUT2D eigenvalue weighted by Gasteiger charge is -2.28. The van der Waals surface area contributed by atoms with E-state index in [4.69, 9.17) is 12.2 Å². The van der Waals surface area contributed by atoms with Gasteiger partial charge < -0.3 is 10.6 Å². The van der Waals surface area contributed by atoms with E-state index in [1.165, 1.54) is 12.1 Å². The number of aromatic nitrogens is 2. The summed E-state index contributed by atoms with van der Waals surface area (Å²) in [7, 11) is 0. The van der Waals surface area contributed by atoms with Crippen LogP contribution in [0.2, 0.25) is 0 Å². The Kier molecular flexibility index (Phi) is 3.54. The molecule has 3 aromatic rings. The molecule has 0 saturated carbocycles. The van der Waals surface area contributed by atoms with Crippen LogP contribution in [0.25, 0.3) is 5.69 Å². The first-order chi connectivity index (χ1) is 11.6. The smallest absolute Gasteiger partial charge is 0.172 e. The highest BCUT2D eigenvalue weighted by atomic mass is 32.1. The number of para-hydroxylation sites is 1. The number of halogens is 1. The zero-order chi connectivity index (χ0) is 16.7. The van der Waals surface area contributed by atoms with Crippen molar-refractivity contribution in [2.45, 2.75) is 13.0 Å². The van der Waals surface area contributed by atoms with Gasteiger partial charge in [0.25, 0.3) is 0 Å². The van der Waals surface area contributed by atoms with Crippen molar-refractivity contribution in [3.63, 3.8) is 0 Å². The molecule has 0 amide bonds. The van der Waals surface area contributed by atoms with Gasteiger partial charge in [0.2, 0.25) is 0 Å². The molecule has 2 N–H and O–H groups in total. The lowest BCUT2D eigenvalue weighted by Crippen LogP contribution is -2.38. The second-order valence-corrected chi connectivity index (χ2v) is 6.09. The van der Waals surface area contributed by atoms with Crippen molar-refractivity contribution >= 4 is 23.1 Å². The van der Waals surface area contributed by atoms with Gasteiger partial charge in [-0.15, -0.1) is 0 Å². The van der Waals surface area contributed by atoms with Crippen molar-refractivity contribution < 1.29 is 4.39 Å². The van der Waals surface area contributed by atoms with Crippen LogP contribution in [-0.4, -0.2) is 14.9 Å². The van der Waals surface area contributed by atoms with E-state index in [9.17, 15) is 4.39 Å². The highest BCUT2D eigenvalue weighted by molar-refractivity contribution is 7.80. The Bertz CT molecular complexity index is 903. The van der Waals surface area contributed by atoms with Crippen molar-refractivity contribution in [3.05, 3.63) is 77.2 Å². The Balaban J connectivity index is 1.87. The molecule has 2 aromatic carbocycles. The van der Waals surface area contributed by atoms with Gasteiger partial charge in [0.1, 0.15) is 11.6 Å². The lowest BCUT2D eigenvalue weighted by molar-refractivity contribution is 0.625. The highest BCUT2D eigenvalue weighted by Gasteiger charge is 2.30. The van der Waals surface area contributed by atoms with E-state index in [-0.39, 0.29) is 11.9 Å². The third kappa shape index (κ3) is 2.45. The number of rotatable bonds is 2. The third-order valence-electron chi connectivity index (χ3n) is 4.11. The number of aryl methyl sites for hydroxylation is 1. The zero-order valence-electron chi connectivity index (χ0n) is 13.0. The van der Waals surface area contributed by atoms with Crippen molar-refractivity contribution in [2.24, 2.45) is 0 Å². The summed E-state index contributed by atoms with van der Waals surface area (Å²) in [6.45, 7) is 1.96. The van der Waals surface area contributed by atoms with E-state index >= 15 is 0 Å². The van der Waals surface area contributed by atoms with Crippen LogP contribution >= 0.6 is 12.2 Å². The zero-order valence-corrected chi connectivity index (χ0v) is 13.8. The van der Waals surface area contributed by atoms with Gasteiger partial charge in [-0.25, -0.2) is 9.07 Å². The Hall–Kier alpha value is -2.73. The number of hydrogen-bond acceptors (Lipinski definition) is 2. The van der Waals surface area contributed by atoms with E-state index in [1.807, 2.05) is 41.9 Å². The first-order valence-electron chi connectivity index (χ1n) is 7.61. The van der Waals surface area contributed by atoms with E-state index in [0.717, 1.165) is 28.3 Å². The van der Waals surface area contributed by atoms with Gasteiger partial charge in [-0.05, 0) is 49.0 Å². The highest BCUT2D eigenvalue weighted by Crippen LogP contribution is 2.35. The van der Waals surface area contributed by atoms with Crippen LogP contribution in [0.3, 0.4) is 0 Å². The summed E-state index contributed by atoms with van der Waals surface area (Å²) in [6.07, 6.45) is 0. The van der Waals surface area contributed by atoms with E-state index < -0.39 is 0 Å². The summed E-state index contributed by atoms with van der Waals surface area (Å²) in [5.41, 5.74) is 3.80. The third-order valence-corrected chi connectivity index (χ3v) is 4.33. The number of anilines is 1. The van der Waals surface area contributed by atoms with Gasteiger partial charge in [0.15, 0.2) is 5.11 Å². The molecule has 2 heterocycles. The molecule has 1 aliphatic rings. The van der Waals surface area contributed by atoms with Gasteiger partial charge in [0.05, 0.1) is 17.4 Å². The number of hydrogen-bond donors (Lipinski definition) is 2. The topological polar surface area (TPSA) is 41.9 Å². The SMILES string of the molecule is Cc1nn(-c2ccccc2)c2c1C(c1ccc(F)cc1)NC(=S)N2. The maximum atomic E-state index is 13.3. The average molecular weight is 338 g/mol. The van der Waals surface area contributed by atoms with Crippen molar-refractivity contribution in [1.82, 2.24) is 15.1 Å². The monoisotopic (exact) mass is 338 g/mol. The van der Waals surface area contributed by atoms with Crippen LogP contribution in [0, 0.1) is 12.7 Å². The molecule has 6 heteroatoms. The fourth-order valence-electron chi connectivity index (χ4n) is 3.01. The summed E-state index contributed by atoms with van der Waals surface area (Å²) in [5.74, 6) is 0.587. The summed E-state index contributed by atoms with van der Waals surface area (Å²) in [5, 5.41) is 11.7. The van der Waals surface area contributed by atoms with Gasteiger partial charge in [-0.3, -0.25) is 0 Å². The minimum Gasteiger partial charge on any atom is -0.351 e. The molecule has 0 spiro atoms. The van der Waals surface area contributed by atoms with E-state index in [1.54, 1.807) is 12.1 Å². The summed E-state index contributed by atoms with van der Waals surface area (Å²) < 4.78 is 15.1. The van der Waals surface area contributed by atoms with E-state index in [2.05, 4.69) is 15.7 Å². The summed E-state index contributed by atoms with van der Waals surface area (Å²) in [4.78, 5) is 0. The van der Waals surface area contributed by atoms with Crippen LogP contribution < -0.4 is 10.6 Å². The van der Waals surface area contributed by atoms with Crippen LogP contribution in [0.15, 0.2) is 54.6 Å². The average Bonchev–Trinajstić information content (AvgIpc) is 2.92. The first-order valence-corrected chi connectivity index (χ1v) is 8.02. The first kappa shape index (κ1) is 14.8. The van der Waals surface area contributed by atoms with Gasteiger partial charge in [0, 0.05) is 5.56 Å². The van der Waals surface area contributed by atoms with Crippen molar-refractivity contribution in [3.8, 4) is 5.69 Å². The maximum Gasteiger partial charge on any atom is 0.172 e. The molecule has 4 nitrogen and oxygen atoms in total. The van der Waals surface area contributed by atoms with Crippen molar-refractivity contribution in [2.75, 3.05) is 5.32 Å². The molecule has 0 radical (unpaired) electrons. The molecule has 1 aromatic heterocycles. The Morgan fingerprint density at radius 3 is 2.50 bits per heavy atom. The minimum atomic E-state index is -0.257. The Morgan fingerprint density at radius 1 is 1.08 bits per heavy atom. The van der Waals surface area contributed by atoms with E-state index in [0.29, 0.717) is 5.11 Å². The normalized spacial score (nSPS) is 16.2. The van der Waals surface area contributed by atoms with Crippen LogP contribution in [-0.2, 0) is 0 Å². The maximum absolute atomic E-state index is 13.3. The largest absolute Gasteiger partial charge is 0.351 e. The van der Waals surface area contributed by atoms with Crippen molar-refractivity contribution in [1.29, 1.82) is 0 Å². The predicted octanol–water partition coefficient (Wildman–Crippen LogP) is 3.71. The molecular formula is C18H15FN4S. The number of benzene rings is 2. The quantitative estimate of drug-likeness (QED) is 0.699. The molecule has 24 heavy (non-hydrogen) atoms. The minimum absolute atomic E-state index is 0.160. The molecule has 0 fully saturated rings. The second kappa shape index (κ2) is 5.72. The fourth-order valence-corrected chi connectivity index (χ4v) is 3.23. The number of fused-ring (bicyclic) bond motifs is 1. The molecule has 0 bridgehead atoms. The molecule has 1 unspecified atom stereocenters. The lowest BCUT2D eigenvalue weighted by atomic mass is 9.97. The van der Waals surface area contributed by atoms with Gasteiger partial charge >= 0.3 is 0 Å². The molecule has 1 atom stereocenters. The molecular weight excluding hydrogens is 323 g/mol. The van der Waals surface area contributed by atoms with Crippen LogP contribution in [0.4, 0.5) is 10.2 Å².